The van der Waals surface area contributed by atoms with Crippen LogP contribution in [0.1, 0.15) is 68.9 Å². The van der Waals surface area contributed by atoms with E-state index in [1.165, 1.54) is 5.56 Å². The lowest BCUT2D eigenvalue weighted by Gasteiger charge is -2.18. The fourth-order valence-corrected chi connectivity index (χ4v) is 3.95. The maximum Gasteiger partial charge on any atom is 0.272 e. The number of nitrogens with one attached hydrogen (secondary N) is 2. The highest BCUT2D eigenvalue weighted by Crippen LogP contribution is 2.26. The molecule has 0 spiro atoms. The first kappa shape index (κ1) is 26.7. The number of pyridine rings is 1. The number of anilines is 1. The Balaban J connectivity index is 1.60. The standard InChI is InChI=1S/C32H34N4O2/c1-20(2)22-14-16-23(17-15-22)29-19-27(26-12-7-8-13-28(26)34-29)30(37)36-35-21(3)24-10-9-11-25(18-24)33-31(38)32(4,5)6/h7-20H,1-6H3,(H,33,38)(H,36,37)/b35-21+. The monoisotopic (exact) mass is 506 g/mol. The van der Waals surface area contributed by atoms with E-state index in [1.807, 2.05) is 94.4 Å². The van der Waals surface area contributed by atoms with Crippen molar-refractivity contribution in [2.45, 2.75) is 47.5 Å². The Bertz CT molecular complexity index is 1510. The predicted octanol–water partition coefficient (Wildman–Crippen LogP) is 7.16. The zero-order chi connectivity index (χ0) is 27.4. The molecule has 0 aliphatic carbocycles. The molecule has 38 heavy (non-hydrogen) atoms. The molecule has 3 aromatic carbocycles. The summed E-state index contributed by atoms with van der Waals surface area (Å²) in [6.07, 6.45) is 0. The Morgan fingerprint density at radius 1 is 0.895 bits per heavy atom. The van der Waals surface area contributed by atoms with E-state index in [0.717, 1.165) is 27.7 Å². The molecule has 0 bridgehead atoms. The zero-order valence-corrected chi connectivity index (χ0v) is 22.8. The van der Waals surface area contributed by atoms with Crippen LogP contribution < -0.4 is 10.7 Å². The van der Waals surface area contributed by atoms with Gasteiger partial charge in [-0.25, -0.2) is 10.4 Å². The van der Waals surface area contributed by atoms with Gasteiger partial charge in [0.1, 0.15) is 0 Å². The molecule has 6 heteroatoms. The highest BCUT2D eigenvalue weighted by molar-refractivity contribution is 6.08. The van der Waals surface area contributed by atoms with Crippen molar-refractivity contribution in [3.05, 3.63) is 95.6 Å². The summed E-state index contributed by atoms with van der Waals surface area (Å²) in [5.74, 6) is 0.0449. The fourth-order valence-electron chi connectivity index (χ4n) is 3.95. The van der Waals surface area contributed by atoms with Crippen LogP contribution in [0, 0.1) is 5.41 Å². The highest BCUT2D eigenvalue weighted by Gasteiger charge is 2.21. The number of benzene rings is 3. The van der Waals surface area contributed by atoms with Crippen LogP contribution in [0.2, 0.25) is 0 Å². The number of hydrazone groups is 1. The van der Waals surface area contributed by atoms with E-state index < -0.39 is 5.41 Å². The van der Waals surface area contributed by atoms with Gasteiger partial charge in [-0.05, 0) is 48.2 Å². The molecule has 0 unspecified atom stereocenters. The van der Waals surface area contributed by atoms with Gasteiger partial charge in [0, 0.05) is 22.1 Å². The summed E-state index contributed by atoms with van der Waals surface area (Å²) < 4.78 is 0. The first-order valence-electron chi connectivity index (χ1n) is 12.8. The van der Waals surface area contributed by atoms with E-state index in [2.05, 4.69) is 41.8 Å². The van der Waals surface area contributed by atoms with Crippen LogP contribution in [-0.4, -0.2) is 22.5 Å². The maximum absolute atomic E-state index is 13.3. The third-order valence-corrected chi connectivity index (χ3v) is 6.38. The molecule has 194 valence electrons. The van der Waals surface area contributed by atoms with Gasteiger partial charge in [-0.2, -0.15) is 5.10 Å². The van der Waals surface area contributed by atoms with Gasteiger partial charge in [-0.15, -0.1) is 0 Å². The fraction of sp³-hybridized carbons (Fsp3) is 0.250. The van der Waals surface area contributed by atoms with Crippen molar-refractivity contribution >= 4 is 34.1 Å². The minimum atomic E-state index is -0.504. The number of carbonyl (C=O) groups is 2. The summed E-state index contributed by atoms with van der Waals surface area (Å²) in [6.45, 7) is 11.7. The Kier molecular flexibility index (Phi) is 7.72. The van der Waals surface area contributed by atoms with Gasteiger partial charge in [0.15, 0.2) is 0 Å². The second-order valence-electron chi connectivity index (χ2n) is 10.8. The molecule has 2 amide bonds. The van der Waals surface area contributed by atoms with Crippen LogP contribution in [0.3, 0.4) is 0 Å². The van der Waals surface area contributed by atoms with Gasteiger partial charge in [-0.1, -0.05) is 89.2 Å². The van der Waals surface area contributed by atoms with Crippen LogP contribution in [0.15, 0.2) is 84.0 Å². The molecule has 0 fully saturated rings. The van der Waals surface area contributed by atoms with Crippen molar-refractivity contribution in [1.29, 1.82) is 0 Å². The van der Waals surface area contributed by atoms with E-state index >= 15 is 0 Å². The van der Waals surface area contributed by atoms with Gasteiger partial charge in [0.05, 0.1) is 22.5 Å². The number of rotatable bonds is 6. The number of nitrogens with zero attached hydrogens (tertiary/aromatic N) is 2. The second-order valence-corrected chi connectivity index (χ2v) is 10.8. The Morgan fingerprint density at radius 3 is 2.29 bits per heavy atom. The van der Waals surface area contributed by atoms with Crippen molar-refractivity contribution in [1.82, 2.24) is 10.4 Å². The molecule has 0 aliphatic heterocycles. The molecular formula is C32H34N4O2. The summed E-state index contributed by atoms with van der Waals surface area (Å²) in [5.41, 5.74) is 8.46. The molecule has 1 heterocycles. The van der Waals surface area contributed by atoms with Crippen LogP contribution >= 0.6 is 0 Å². The Labute approximate surface area is 224 Å². The van der Waals surface area contributed by atoms with Crippen LogP contribution in [-0.2, 0) is 4.79 Å². The van der Waals surface area contributed by atoms with Crippen molar-refractivity contribution < 1.29 is 9.59 Å². The average molecular weight is 507 g/mol. The summed E-state index contributed by atoms with van der Waals surface area (Å²) in [7, 11) is 0. The van der Waals surface area contributed by atoms with Crippen molar-refractivity contribution in [3.63, 3.8) is 0 Å². The molecule has 0 atom stereocenters. The van der Waals surface area contributed by atoms with Gasteiger partial charge in [0.2, 0.25) is 5.91 Å². The maximum atomic E-state index is 13.3. The van der Waals surface area contributed by atoms with Gasteiger partial charge in [-0.3, -0.25) is 9.59 Å². The normalized spacial score (nSPS) is 12.0. The van der Waals surface area contributed by atoms with Crippen molar-refractivity contribution in [2.24, 2.45) is 10.5 Å². The smallest absolute Gasteiger partial charge is 0.272 e. The zero-order valence-electron chi connectivity index (χ0n) is 22.8. The Hall–Kier alpha value is -4.32. The topological polar surface area (TPSA) is 83.4 Å². The molecule has 0 saturated carbocycles. The minimum absolute atomic E-state index is 0.0724. The lowest BCUT2D eigenvalue weighted by Crippen LogP contribution is -2.27. The van der Waals surface area contributed by atoms with Gasteiger partial charge in [0.25, 0.3) is 5.91 Å². The number of amides is 2. The summed E-state index contributed by atoms with van der Waals surface area (Å²) >= 11 is 0. The van der Waals surface area contributed by atoms with Crippen molar-refractivity contribution in [3.8, 4) is 11.3 Å². The third kappa shape index (κ3) is 6.14. The van der Waals surface area contributed by atoms with Crippen molar-refractivity contribution in [2.75, 3.05) is 5.32 Å². The van der Waals surface area contributed by atoms with Crippen LogP contribution in [0.4, 0.5) is 5.69 Å². The minimum Gasteiger partial charge on any atom is -0.326 e. The number of carbonyl (C=O) groups excluding carboxylic acids is 2. The van der Waals surface area contributed by atoms with Crippen LogP contribution in [0.5, 0.6) is 0 Å². The summed E-state index contributed by atoms with van der Waals surface area (Å²) in [4.78, 5) is 30.5. The molecule has 4 rings (SSSR count). The van der Waals surface area contributed by atoms with Crippen LogP contribution in [0.25, 0.3) is 22.2 Å². The number of para-hydroxylation sites is 1. The molecule has 2 N–H and O–H groups in total. The number of hydrogen-bond donors (Lipinski definition) is 2. The number of fused-ring (bicyclic) bond motifs is 1. The van der Waals surface area contributed by atoms with Gasteiger partial charge >= 0.3 is 0 Å². The average Bonchev–Trinajstić information content (AvgIpc) is 2.90. The molecule has 6 nitrogen and oxygen atoms in total. The molecular weight excluding hydrogens is 472 g/mol. The SMILES string of the molecule is C/C(=N\NC(=O)c1cc(-c2ccc(C(C)C)cc2)nc2ccccc12)c1cccc(NC(=O)C(C)(C)C)c1. The molecule has 0 radical (unpaired) electrons. The third-order valence-electron chi connectivity index (χ3n) is 6.38. The van der Waals surface area contributed by atoms with E-state index in [0.29, 0.717) is 22.9 Å². The molecule has 1 aromatic heterocycles. The lowest BCUT2D eigenvalue weighted by molar-refractivity contribution is -0.123. The van der Waals surface area contributed by atoms with Gasteiger partial charge < -0.3 is 5.32 Å². The molecule has 4 aromatic rings. The molecule has 0 aliphatic rings. The summed E-state index contributed by atoms with van der Waals surface area (Å²) in [5, 5.41) is 8.05. The number of aromatic nitrogens is 1. The quantitative estimate of drug-likeness (QED) is 0.215. The largest absolute Gasteiger partial charge is 0.326 e. The second kappa shape index (κ2) is 11.0. The first-order chi connectivity index (χ1) is 18.0. The number of hydrogen-bond acceptors (Lipinski definition) is 4. The van der Waals surface area contributed by atoms with E-state index in [9.17, 15) is 9.59 Å². The van der Waals surface area contributed by atoms with E-state index in [-0.39, 0.29) is 11.8 Å². The lowest BCUT2D eigenvalue weighted by atomic mass is 9.95. The summed E-state index contributed by atoms with van der Waals surface area (Å²) in [6, 6.07) is 25.1. The Morgan fingerprint density at radius 2 is 1.61 bits per heavy atom. The van der Waals surface area contributed by atoms with E-state index in [1.54, 1.807) is 0 Å². The first-order valence-corrected chi connectivity index (χ1v) is 12.8. The highest BCUT2D eigenvalue weighted by atomic mass is 16.2. The van der Waals surface area contributed by atoms with E-state index in [4.69, 9.17) is 4.98 Å². The predicted molar refractivity (Wildman–Crippen MR) is 155 cm³/mol. The molecule has 0 saturated heterocycles.